The fourth-order valence-corrected chi connectivity index (χ4v) is 5.14. The number of carbonyl (C=O) groups is 2. The fraction of sp³-hybridized carbons (Fsp3) is 0.333. The molecule has 1 aromatic heterocycles. The van der Waals surface area contributed by atoms with Gasteiger partial charge in [-0.2, -0.15) is 0 Å². The lowest BCUT2D eigenvalue weighted by Crippen LogP contribution is -2.45. The normalized spacial score (nSPS) is 19.9. The topological polar surface area (TPSA) is 82.4 Å². The van der Waals surface area contributed by atoms with Crippen LogP contribution in [0.25, 0.3) is 10.9 Å². The van der Waals surface area contributed by atoms with Gasteiger partial charge in [-0.1, -0.05) is 6.07 Å². The van der Waals surface area contributed by atoms with Gasteiger partial charge in [-0.15, -0.1) is 0 Å². The van der Waals surface area contributed by atoms with Crippen LogP contribution in [0.5, 0.6) is 0 Å². The standard InChI is InChI=1S/C24H25FN4O2/c1-14-19-11-17(25)12-20(23(26)30)22(19)24(31)29(14)18-5-8-28(9-6-18)13-15-2-3-21-16(10-15)4-7-27-21/h2-4,7,10-12,14,18,27H,5-6,8-9,13H2,1H3,(H2,26,30). The van der Waals surface area contributed by atoms with Crippen LogP contribution in [-0.2, 0) is 6.54 Å². The average Bonchev–Trinajstić information content (AvgIpc) is 3.31. The van der Waals surface area contributed by atoms with E-state index in [1.807, 2.05) is 18.0 Å². The van der Waals surface area contributed by atoms with Crippen molar-refractivity contribution in [1.29, 1.82) is 0 Å². The van der Waals surface area contributed by atoms with Crippen molar-refractivity contribution >= 4 is 22.7 Å². The number of piperidine rings is 1. The minimum atomic E-state index is -0.771. The molecular weight excluding hydrogens is 395 g/mol. The number of benzene rings is 2. The number of nitrogens with zero attached hydrogens (tertiary/aromatic N) is 2. The Balaban J connectivity index is 1.29. The van der Waals surface area contributed by atoms with Crippen molar-refractivity contribution in [2.45, 2.75) is 38.4 Å². The Kier molecular flexibility index (Phi) is 4.78. The number of H-pyrrole nitrogens is 1. The third kappa shape index (κ3) is 3.39. The Morgan fingerprint density at radius 1 is 1.19 bits per heavy atom. The highest BCUT2D eigenvalue weighted by Crippen LogP contribution is 2.39. The van der Waals surface area contributed by atoms with Gasteiger partial charge in [-0.05, 0) is 66.6 Å². The maximum Gasteiger partial charge on any atom is 0.255 e. The Hall–Kier alpha value is -3.19. The average molecular weight is 420 g/mol. The summed E-state index contributed by atoms with van der Waals surface area (Å²) in [6.07, 6.45) is 3.62. The van der Waals surface area contributed by atoms with E-state index in [1.165, 1.54) is 17.0 Å². The molecule has 5 rings (SSSR count). The molecule has 0 saturated carbocycles. The quantitative estimate of drug-likeness (QED) is 0.677. The van der Waals surface area contributed by atoms with Crippen molar-refractivity contribution in [3.63, 3.8) is 0 Å². The second-order valence-electron chi connectivity index (χ2n) is 8.58. The molecule has 7 heteroatoms. The highest BCUT2D eigenvalue weighted by molar-refractivity contribution is 6.09. The molecule has 3 aromatic rings. The Bertz CT molecular complexity index is 1180. The van der Waals surface area contributed by atoms with Crippen molar-refractivity contribution in [3.8, 4) is 0 Å². The number of halogens is 1. The van der Waals surface area contributed by atoms with Gasteiger partial charge in [0.05, 0.1) is 17.2 Å². The van der Waals surface area contributed by atoms with Gasteiger partial charge in [-0.25, -0.2) is 4.39 Å². The van der Waals surface area contributed by atoms with E-state index in [0.717, 1.165) is 44.1 Å². The van der Waals surface area contributed by atoms with E-state index >= 15 is 0 Å². The van der Waals surface area contributed by atoms with Crippen molar-refractivity contribution in [3.05, 3.63) is 70.7 Å². The molecule has 6 nitrogen and oxygen atoms in total. The minimum absolute atomic E-state index is 0.0214. The molecule has 2 aliphatic heterocycles. The maximum absolute atomic E-state index is 14.0. The van der Waals surface area contributed by atoms with Crippen LogP contribution in [0.1, 0.15) is 57.7 Å². The Labute approximate surface area is 179 Å². The molecule has 0 radical (unpaired) electrons. The van der Waals surface area contributed by atoms with E-state index < -0.39 is 11.7 Å². The number of hydrogen-bond acceptors (Lipinski definition) is 3. The molecule has 1 atom stereocenters. The predicted molar refractivity (Wildman–Crippen MR) is 116 cm³/mol. The van der Waals surface area contributed by atoms with Gasteiger partial charge in [0, 0.05) is 37.4 Å². The second kappa shape index (κ2) is 7.50. The molecule has 0 aliphatic carbocycles. The van der Waals surface area contributed by atoms with Gasteiger partial charge in [0.15, 0.2) is 0 Å². The number of fused-ring (bicyclic) bond motifs is 2. The summed E-state index contributed by atoms with van der Waals surface area (Å²) in [6, 6.07) is 10.7. The van der Waals surface area contributed by atoms with Gasteiger partial charge < -0.3 is 15.6 Å². The second-order valence-corrected chi connectivity index (χ2v) is 8.58. The summed E-state index contributed by atoms with van der Waals surface area (Å²) in [6.45, 7) is 4.51. The highest BCUT2D eigenvalue weighted by Gasteiger charge is 2.41. The summed E-state index contributed by atoms with van der Waals surface area (Å²) in [5.74, 6) is -1.52. The van der Waals surface area contributed by atoms with Crippen molar-refractivity contribution in [2.24, 2.45) is 5.73 Å². The number of aromatic nitrogens is 1. The monoisotopic (exact) mass is 420 g/mol. The molecule has 2 amide bonds. The molecular formula is C24H25FN4O2. The fourth-order valence-electron chi connectivity index (χ4n) is 5.14. The van der Waals surface area contributed by atoms with E-state index in [1.54, 1.807) is 0 Å². The van der Waals surface area contributed by atoms with Gasteiger partial charge >= 0.3 is 0 Å². The van der Waals surface area contributed by atoms with Crippen molar-refractivity contribution in [1.82, 2.24) is 14.8 Å². The Morgan fingerprint density at radius 2 is 1.97 bits per heavy atom. The summed E-state index contributed by atoms with van der Waals surface area (Å²) >= 11 is 0. The van der Waals surface area contributed by atoms with Crippen LogP contribution in [0.4, 0.5) is 4.39 Å². The zero-order valence-corrected chi connectivity index (χ0v) is 17.4. The van der Waals surface area contributed by atoms with Crippen LogP contribution < -0.4 is 5.73 Å². The number of likely N-dealkylation sites (tertiary alicyclic amines) is 1. The molecule has 0 spiro atoms. The molecule has 3 heterocycles. The molecule has 0 bridgehead atoms. The lowest BCUT2D eigenvalue weighted by molar-refractivity contribution is 0.0510. The third-order valence-corrected chi connectivity index (χ3v) is 6.69. The first-order valence-corrected chi connectivity index (χ1v) is 10.7. The van der Waals surface area contributed by atoms with E-state index in [4.69, 9.17) is 5.73 Å². The number of rotatable bonds is 4. The summed E-state index contributed by atoms with van der Waals surface area (Å²) in [5.41, 5.74) is 8.63. The number of hydrogen-bond donors (Lipinski definition) is 2. The SMILES string of the molecule is CC1c2cc(F)cc(C(N)=O)c2C(=O)N1C1CCN(Cc2ccc3[nH]ccc3c2)CC1. The first-order valence-electron chi connectivity index (χ1n) is 10.7. The van der Waals surface area contributed by atoms with Crippen LogP contribution in [0.3, 0.4) is 0 Å². The molecule has 31 heavy (non-hydrogen) atoms. The van der Waals surface area contributed by atoms with Crippen LogP contribution in [0.15, 0.2) is 42.6 Å². The molecule has 2 aliphatic rings. The largest absolute Gasteiger partial charge is 0.366 e. The molecule has 1 saturated heterocycles. The number of nitrogens with one attached hydrogen (secondary N) is 1. The summed E-state index contributed by atoms with van der Waals surface area (Å²) < 4.78 is 14.0. The summed E-state index contributed by atoms with van der Waals surface area (Å²) in [4.78, 5) is 32.4. The lowest BCUT2D eigenvalue weighted by atomic mass is 9.99. The highest BCUT2D eigenvalue weighted by atomic mass is 19.1. The molecule has 1 unspecified atom stereocenters. The van der Waals surface area contributed by atoms with E-state index in [9.17, 15) is 14.0 Å². The molecule has 2 aromatic carbocycles. The zero-order valence-electron chi connectivity index (χ0n) is 17.4. The van der Waals surface area contributed by atoms with Gasteiger partial charge in [0.25, 0.3) is 5.91 Å². The summed E-state index contributed by atoms with van der Waals surface area (Å²) in [7, 11) is 0. The van der Waals surface area contributed by atoms with Crippen LogP contribution in [0.2, 0.25) is 0 Å². The lowest BCUT2D eigenvalue weighted by Gasteiger charge is -2.38. The Morgan fingerprint density at radius 3 is 2.71 bits per heavy atom. The van der Waals surface area contributed by atoms with E-state index in [2.05, 4.69) is 34.1 Å². The number of nitrogens with two attached hydrogens (primary N) is 1. The van der Waals surface area contributed by atoms with Crippen molar-refractivity contribution in [2.75, 3.05) is 13.1 Å². The molecule has 160 valence electrons. The maximum atomic E-state index is 14.0. The summed E-state index contributed by atoms with van der Waals surface area (Å²) in [5, 5.41) is 1.21. The van der Waals surface area contributed by atoms with Gasteiger partial charge in [0.2, 0.25) is 5.91 Å². The first kappa shape index (κ1) is 19.8. The van der Waals surface area contributed by atoms with Gasteiger partial charge in [-0.3, -0.25) is 14.5 Å². The number of carbonyl (C=O) groups excluding carboxylic acids is 2. The minimum Gasteiger partial charge on any atom is -0.366 e. The zero-order chi connectivity index (χ0) is 21.7. The van der Waals surface area contributed by atoms with E-state index in [-0.39, 0.29) is 29.1 Å². The smallest absolute Gasteiger partial charge is 0.255 e. The number of aromatic amines is 1. The van der Waals surface area contributed by atoms with Gasteiger partial charge in [0.1, 0.15) is 5.82 Å². The number of amides is 2. The van der Waals surface area contributed by atoms with Crippen LogP contribution in [0, 0.1) is 5.82 Å². The predicted octanol–water partition coefficient (Wildman–Crippen LogP) is 3.59. The molecule has 3 N–H and O–H groups in total. The first-order chi connectivity index (χ1) is 14.9. The van der Waals surface area contributed by atoms with E-state index in [0.29, 0.717) is 5.56 Å². The van der Waals surface area contributed by atoms with Crippen molar-refractivity contribution < 1.29 is 14.0 Å². The van der Waals surface area contributed by atoms with Crippen LogP contribution >= 0.6 is 0 Å². The third-order valence-electron chi connectivity index (χ3n) is 6.69. The number of primary amides is 1. The van der Waals surface area contributed by atoms with Crippen LogP contribution in [-0.4, -0.2) is 45.7 Å². The molecule has 1 fully saturated rings.